The van der Waals surface area contributed by atoms with Gasteiger partial charge in [-0.1, -0.05) is 0 Å². The quantitative estimate of drug-likeness (QED) is 0.289. The van der Waals surface area contributed by atoms with Crippen LogP contribution in [0.1, 0.15) is 0 Å². The van der Waals surface area contributed by atoms with Gasteiger partial charge in [-0.25, -0.2) is 4.57 Å². The number of aliphatic hydroxyl groups is 4. The number of ether oxygens (including phenoxy) is 1. The fraction of sp³-hybridized carbons (Fsp3) is 1.00. The first kappa shape index (κ1) is 14.0. The highest BCUT2D eigenvalue weighted by Gasteiger charge is 2.47. The van der Waals surface area contributed by atoms with E-state index < -0.39 is 45.1 Å². The highest BCUT2D eigenvalue weighted by molar-refractivity contribution is 7.46. The molecule has 1 aliphatic heterocycles. The van der Waals surface area contributed by atoms with Crippen molar-refractivity contribution in [1.29, 1.82) is 0 Å². The lowest BCUT2D eigenvalue weighted by molar-refractivity contribution is -0.283. The van der Waals surface area contributed by atoms with Gasteiger partial charge in [0.2, 0.25) is 0 Å². The van der Waals surface area contributed by atoms with Crippen LogP contribution in [0.2, 0.25) is 0 Å². The van der Waals surface area contributed by atoms with Crippen LogP contribution in [0.4, 0.5) is 0 Å². The maximum atomic E-state index is 10.6. The summed E-state index contributed by atoms with van der Waals surface area (Å²) in [6.07, 6.45) is -8.35. The van der Waals surface area contributed by atoms with Crippen molar-refractivity contribution in [2.45, 2.75) is 30.7 Å². The van der Waals surface area contributed by atoms with Crippen LogP contribution in [0, 0.1) is 0 Å². The van der Waals surface area contributed by atoms with E-state index in [1.54, 1.807) is 0 Å². The van der Waals surface area contributed by atoms with E-state index >= 15 is 0 Å². The predicted molar refractivity (Wildman–Crippen MR) is 46.9 cm³/mol. The molecule has 0 amide bonds. The largest absolute Gasteiger partial charge is 0.470 e. The molecule has 1 saturated heterocycles. The molecule has 1 heterocycles. The van der Waals surface area contributed by atoms with Crippen molar-refractivity contribution in [2.75, 3.05) is 6.61 Å². The summed E-state index contributed by atoms with van der Waals surface area (Å²) in [7, 11) is -4.94. The first-order chi connectivity index (χ1) is 7.26. The lowest BCUT2D eigenvalue weighted by Crippen LogP contribution is -2.59. The molecule has 0 unspecified atom stereocenters. The van der Waals surface area contributed by atoms with Crippen LogP contribution < -0.4 is 0 Å². The van der Waals surface area contributed by atoms with E-state index in [-0.39, 0.29) is 0 Å². The lowest BCUT2D eigenvalue weighted by Gasteiger charge is -2.39. The summed E-state index contributed by atoms with van der Waals surface area (Å²) in [4.78, 5) is 17.1. The second kappa shape index (κ2) is 5.05. The van der Waals surface area contributed by atoms with Gasteiger partial charge in [-0.15, -0.1) is 0 Å². The SMILES string of the molecule is O=P(O)(O)O[C@@H]1[C@@H](O)[C@@H](O)O[C@H](CO)[C@H]1O. The molecule has 0 aliphatic carbocycles. The van der Waals surface area contributed by atoms with Gasteiger partial charge in [0.1, 0.15) is 24.4 Å². The van der Waals surface area contributed by atoms with E-state index in [2.05, 4.69) is 9.26 Å². The number of hydrogen-bond acceptors (Lipinski definition) is 7. The van der Waals surface area contributed by atoms with Gasteiger partial charge in [0.15, 0.2) is 6.29 Å². The molecule has 9 nitrogen and oxygen atoms in total. The van der Waals surface area contributed by atoms with E-state index in [0.29, 0.717) is 0 Å². The zero-order valence-corrected chi connectivity index (χ0v) is 8.84. The Morgan fingerprint density at radius 3 is 2.19 bits per heavy atom. The van der Waals surface area contributed by atoms with Crippen molar-refractivity contribution in [3.8, 4) is 0 Å². The minimum atomic E-state index is -4.94. The van der Waals surface area contributed by atoms with Crippen molar-refractivity contribution >= 4 is 7.82 Å². The molecule has 1 aliphatic rings. The van der Waals surface area contributed by atoms with Gasteiger partial charge in [0.05, 0.1) is 6.61 Å². The minimum Gasteiger partial charge on any atom is -0.394 e. The normalized spacial score (nSPS) is 41.0. The van der Waals surface area contributed by atoms with Gasteiger partial charge in [-0.2, -0.15) is 0 Å². The Labute approximate surface area is 90.1 Å². The molecule has 0 aromatic rings. The third-order valence-electron chi connectivity index (χ3n) is 2.10. The van der Waals surface area contributed by atoms with Crippen molar-refractivity contribution in [2.24, 2.45) is 0 Å². The van der Waals surface area contributed by atoms with Gasteiger partial charge in [-0.05, 0) is 0 Å². The highest BCUT2D eigenvalue weighted by Crippen LogP contribution is 2.41. The fourth-order valence-electron chi connectivity index (χ4n) is 1.35. The van der Waals surface area contributed by atoms with E-state index in [1.165, 1.54) is 0 Å². The smallest absolute Gasteiger partial charge is 0.394 e. The molecule has 0 aromatic heterocycles. The molecule has 1 rings (SSSR count). The molecule has 16 heavy (non-hydrogen) atoms. The van der Waals surface area contributed by atoms with Gasteiger partial charge in [0, 0.05) is 0 Å². The first-order valence-corrected chi connectivity index (χ1v) is 5.83. The van der Waals surface area contributed by atoms with Gasteiger partial charge >= 0.3 is 7.82 Å². The summed E-state index contributed by atoms with van der Waals surface area (Å²) >= 11 is 0. The molecular weight excluding hydrogens is 247 g/mol. The molecule has 0 aromatic carbocycles. The molecule has 6 N–H and O–H groups in total. The van der Waals surface area contributed by atoms with Crippen molar-refractivity contribution < 1.29 is 44.0 Å². The van der Waals surface area contributed by atoms with E-state index in [4.69, 9.17) is 20.0 Å². The molecule has 0 bridgehead atoms. The molecule has 0 radical (unpaired) electrons. The highest BCUT2D eigenvalue weighted by atomic mass is 31.2. The summed E-state index contributed by atoms with van der Waals surface area (Å²) in [5.41, 5.74) is 0. The van der Waals surface area contributed by atoms with Crippen LogP contribution in [0.15, 0.2) is 0 Å². The standard InChI is InChI=1S/C6H13O9P/c7-1-2-3(8)5(15-16(11,12)13)4(9)6(10)14-2/h2-10H,1H2,(H2,11,12,13)/t2-,3-,4-,5+,6+/m1/s1. The van der Waals surface area contributed by atoms with Gasteiger partial charge in [-0.3, -0.25) is 4.52 Å². The number of phosphoric ester groups is 1. The molecule has 1 fully saturated rings. The lowest BCUT2D eigenvalue weighted by atomic mass is 9.99. The van der Waals surface area contributed by atoms with Crippen LogP contribution >= 0.6 is 7.82 Å². The van der Waals surface area contributed by atoms with E-state index in [1.807, 2.05) is 0 Å². The Morgan fingerprint density at radius 2 is 1.75 bits per heavy atom. The van der Waals surface area contributed by atoms with Crippen molar-refractivity contribution in [1.82, 2.24) is 0 Å². The molecule has 96 valence electrons. The molecular formula is C6H13O9P. The molecule has 5 atom stereocenters. The van der Waals surface area contributed by atoms with Gasteiger partial charge in [0.25, 0.3) is 0 Å². The van der Waals surface area contributed by atoms with Crippen LogP contribution in [-0.4, -0.2) is 67.5 Å². The predicted octanol–water partition coefficient (Wildman–Crippen LogP) is -3.10. The second-order valence-electron chi connectivity index (χ2n) is 3.29. The zero-order valence-electron chi connectivity index (χ0n) is 7.95. The van der Waals surface area contributed by atoms with Crippen molar-refractivity contribution in [3.05, 3.63) is 0 Å². The van der Waals surface area contributed by atoms with E-state index in [9.17, 15) is 14.8 Å². The zero-order chi connectivity index (χ0) is 12.5. The average Bonchev–Trinajstić information content (AvgIpc) is 2.17. The van der Waals surface area contributed by atoms with Crippen LogP contribution in [-0.2, 0) is 13.8 Å². The summed E-state index contributed by atoms with van der Waals surface area (Å²) in [6.45, 7) is -0.702. The maximum absolute atomic E-state index is 10.6. The maximum Gasteiger partial charge on any atom is 0.470 e. The third kappa shape index (κ3) is 3.20. The second-order valence-corrected chi connectivity index (χ2v) is 4.48. The van der Waals surface area contributed by atoms with Crippen LogP contribution in [0.25, 0.3) is 0 Å². The number of rotatable bonds is 3. The summed E-state index contributed by atoms with van der Waals surface area (Å²) in [5, 5.41) is 36.6. The fourth-order valence-corrected chi connectivity index (χ4v) is 1.92. The Balaban J connectivity index is 2.81. The Morgan fingerprint density at radius 1 is 1.19 bits per heavy atom. The summed E-state index contributed by atoms with van der Waals surface area (Å²) in [5.74, 6) is 0. The topological polar surface area (TPSA) is 157 Å². The molecule has 0 saturated carbocycles. The van der Waals surface area contributed by atoms with Crippen molar-refractivity contribution in [3.63, 3.8) is 0 Å². The monoisotopic (exact) mass is 260 g/mol. The number of phosphoric acid groups is 1. The third-order valence-corrected chi connectivity index (χ3v) is 2.62. The first-order valence-electron chi connectivity index (χ1n) is 4.30. The van der Waals surface area contributed by atoms with Crippen LogP contribution in [0.3, 0.4) is 0 Å². The summed E-state index contributed by atoms with van der Waals surface area (Å²) in [6, 6.07) is 0. The average molecular weight is 260 g/mol. The van der Waals surface area contributed by atoms with Gasteiger partial charge < -0.3 is 34.9 Å². The molecule has 10 heteroatoms. The number of hydrogen-bond donors (Lipinski definition) is 6. The molecule has 0 spiro atoms. The van der Waals surface area contributed by atoms with Crippen LogP contribution in [0.5, 0.6) is 0 Å². The Hall–Kier alpha value is -0.0900. The summed E-state index contributed by atoms with van der Waals surface area (Å²) < 4.78 is 19.3. The Bertz CT molecular complexity index is 277. The van der Waals surface area contributed by atoms with E-state index in [0.717, 1.165) is 0 Å². The minimum absolute atomic E-state index is 0.702. The number of aliphatic hydroxyl groups excluding tert-OH is 4. The Kier molecular flexibility index (Phi) is 4.41.